The molecule has 0 saturated heterocycles. The van der Waals surface area contributed by atoms with Gasteiger partial charge < -0.3 is 0 Å². The fourth-order valence-electron chi connectivity index (χ4n) is 1.10. The third kappa shape index (κ3) is 1.73. The Hall–Kier alpha value is -0.120. The number of nitrogens with zero attached hydrogens (tertiary/aromatic N) is 1. The third-order valence-electron chi connectivity index (χ3n) is 1.72. The van der Waals surface area contributed by atoms with Crippen molar-refractivity contribution in [2.75, 3.05) is 0 Å². The maximum Gasteiger partial charge on any atom is 0.107 e. The lowest BCUT2D eigenvalue weighted by molar-refractivity contribution is 1.09. The van der Waals surface area contributed by atoms with Crippen molar-refractivity contribution in [3.63, 3.8) is 0 Å². The van der Waals surface area contributed by atoms with Crippen LogP contribution in [0.1, 0.15) is 16.8 Å². The lowest BCUT2D eigenvalue weighted by atomic mass is 10.3. The van der Waals surface area contributed by atoms with Crippen molar-refractivity contribution in [3.05, 3.63) is 28.2 Å². The summed E-state index contributed by atoms with van der Waals surface area (Å²) in [5.74, 6) is 0. The molecule has 0 aliphatic carbocycles. The molecule has 1 heterocycles. The Bertz CT molecular complexity index is 438. The van der Waals surface area contributed by atoms with Gasteiger partial charge in [0.15, 0.2) is 0 Å². The predicted octanol–water partition coefficient (Wildman–Crippen LogP) is 4.41. The van der Waals surface area contributed by atoms with E-state index < -0.39 is 0 Å². The smallest absolute Gasteiger partial charge is 0.107 e. The second-order valence-corrected chi connectivity index (χ2v) is 5.57. The number of fused-ring (bicyclic) bond motifs is 1. The number of alkyl halides is 1. The number of hydrogen-bond acceptors (Lipinski definition) is 2. The second kappa shape index (κ2) is 3.56. The highest BCUT2D eigenvalue weighted by molar-refractivity contribution is 9.09. The average molecular weight is 277 g/mol. The molecule has 1 nitrogen and oxygen atoms in total. The van der Waals surface area contributed by atoms with E-state index in [1.54, 1.807) is 11.3 Å². The Kier molecular flexibility index (Phi) is 2.58. The molecule has 1 unspecified atom stereocenters. The first-order valence-electron chi connectivity index (χ1n) is 3.87. The highest BCUT2D eigenvalue weighted by Crippen LogP contribution is 2.34. The zero-order valence-corrected chi connectivity index (χ0v) is 10.1. The largest absolute Gasteiger partial charge is 0.240 e. The first-order chi connectivity index (χ1) is 6.18. The first kappa shape index (κ1) is 9.44. The maximum atomic E-state index is 6.03. The molecule has 0 N–H and O–H groups in total. The van der Waals surface area contributed by atoms with E-state index in [1.807, 2.05) is 18.2 Å². The molecular formula is C9H7BrClNS. The minimum absolute atomic E-state index is 0.293. The van der Waals surface area contributed by atoms with Crippen molar-refractivity contribution in [1.29, 1.82) is 0 Å². The zero-order valence-electron chi connectivity index (χ0n) is 6.92. The molecule has 1 aromatic heterocycles. The van der Waals surface area contributed by atoms with E-state index in [1.165, 1.54) is 0 Å². The monoisotopic (exact) mass is 275 g/mol. The molecule has 0 aliphatic heterocycles. The summed E-state index contributed by atoms with van der Waals surface area (Å²) in [7, 11) is 0. The van der Waals surface area contributed by atoms with Crippen molar-refractivity contribution >= 4 is 49.1 Å². The summed E-state index contributed by atoms with van der Waals surface area (Å²) in [5.41, 5.74) is 0.985. The number of benzene rings is 1. The van der Waals surface area contributed by atoms with E-state index in [0.29, 0.717) is 4.83 Å². The first-order valence-corrected chi connectivity index (χ1v) is 5.98. The van der Waals surface area contributed by atoms with E-state index in [9.17, 15) is 0 Å². The zero-order chi connectivity index (χ0) is 9.42. The van der Waals surface area contributed by atoms with Crippen LogP contribution in [-0.2, 0) is 0 Å². The van der Waals surface area contributed by atoms with Gasteiger partial charge >= 0.3 is 0 Å². The normalized spacial score (nSPS) is 13.5. The Morgan fingerprint density at radius 3 is 2.92 bits per heavy atom. The van der Waals surface area contributed by atoms with E-state index in [-0.39, 0.29) is 0 Å². The molecule has 4 heteroatoms. The molecule has 0 amide bonds. The summed E-state index contributed by atoms with van der Waals surface area (Å²) in [4.78, 5) is 4.75. The maximum absolute atomic E-state index is 6.03. The Morgan fingerprint density at radius 2 is 2.31 bits per heavy atom. The molecule has 0 radical (unpaired) electrons. The molecule has 0 bridgehead atoms. The topological polar surface area (TPSA) is 12.9 Å². The predicted molar refractivity (Wildman–Crippen MR) is 62.0 cm³/mol. The molecule has 1 aromatic carbocycles. The summed E-state index contributed by atoms with van der Waals surface area (Å²) in [6.07, 6.45) is 0. The Labute approximate surface area is 93.9 Å². The minimum atomic E-state index is 0.293. The van der Waals surface area contributed by atoms with Crippen LogP contribution in [-0.4, -0.2) is 4.98 Å². The van der Waals surface area contributed by atoms with Gasteiger partial charge in [-0.3, -0.25) is 0 Å². The van der Waals surface area contributed by atoms with E-state index in [4.69, 9.17) is 11.6 Å². The SMILES string of the molecule is CC(Br)c1nc2cccc(Cl)c2s1. The van der Waals surface area contributed by atoms with Crippen LogP contribution < -0.4 is 0 Å². The van der Waals surface area contributed by atoms with Crippen molar-refractivity contribution in [2.45, 2.75) is 11.8 Å². The van der Waals surface area contributed by atoms with Gasteiger partial charge in [0, 0.05) is 0 Å². The van der Waals surface area contributed by atoms with Crippen LogP contribution in [0.3, 0.4) is 0 Å². The van der Waals surface area contributed by atoms with Crippen molar-refractivity contribution in [1.82, 2.24) is 4.98 Å². The number of hydrogen-bond donors (Lipinski definition) is 0. The van der Waals surface area contributed by atoms with Crippen LogP contribution >= 0.6 is 38.9 Å². The molecule has 0 fully saturated rings. The van der Waals surface area contributed by atoms with Gasteiger partial charge in [-0.15, -0.1) is 11.3 Å². The van der Waals surface area contributed by atoms with Crippen LogP contribution in [0.5, 0.6) is 0 Å². The van der Waals surface area contributed by atoms with Gasteiger partial charge in [-0.1, -0.05) is 33.6 Å². The summed E-state index contributed by atoms with van der Waals surface area (Å²) >= 11 is 11.2. The van der Waals surface area contributed by atoms with Crippen LogP contribution in [0, 0.1) is 0 Å². The fourth-order valence-corrected chi connectivity index (χ4v) is 2.67. The van der Waals surface area contributed by atoms with E-state index >= 15 is 0 Å². The van der Waals surface area contributed by atoms with Gasteiger partial charge in [-0.25, -0.2) is 4.98 Å². The summed E-state index contributed by atoms with van der Waals surface area (Å²) in [6, 6.07) is 5.80. The quantitative estimate of drug-likeness (QED) is 0.703. The standard InChI is InChI=1S/C9H7BrClNS/c1-5(10)9-12-7-4-2-3-6(11)8(7)13-9/h2-5H,1H3. The molecule has 2 aromatic rings. The van der Waals surface area contributed by atoms with Crippen molar-refractivity contribution in [3.8, 4) is 0 Å². The molecule has 0 spiro atoms. The van der Waals surface area contributed by atoms with Crippen LogP contribution in [0.15, 0.2) is 18.2 Å². The number of thiazole rings is 1. The lowest BCUT2D eigenvalue weighted by Crippen LogP contribution is -1.78. The van der Waals surface area contributed by atoms with E-state index in [0.717, 1.165) is 20.2 Å². The van der Waals surface area contributed by atoms with Crippen molar-refractivity contribution < 1.29 is 0 Å². The Morgan fingerprint density at radius 1 is 1.54 bits per heavy atom. The van der Waals surface area contributed by atoms with Gasteiger partial charge in [-0.05, 0) is 19.1 Å². The van der Waals surface area contributed by atoms with Gasteiger partial charge in [0.1, 0.15) is 5.01 Å². The Balaban J connectivity index is 2.68. The molecule has 0 aliphatic rings. The highest BCUT2D eigenvalue weighted by atomic mass is 79.9. The van der Waals surface area contributed by atoms with Gasteiger partial charge in [-0.2, -0.15) is 0 Å². The summed E-state index contributed by atoms with van der Waals surface area (Å²) in [5, 5.41) is 1.86. The number of halogens is 2. The fraction of sp³-hybridized carbons (Fsp3) is 0.222. The highest BCUT2D eigenvalue weighted by Gasteiger charge is 2.09. The lowest BCUT2D eigenvalue weighted by Gasteiger charge is -1.92. The summed E-state index contributed by atoms with van der Waals surface area (Å²) < 4.78 is 1.07. The molecule has 13 heavy (non-hydrogen) atoms. The van der Waals surface area contributed by atoms with Gasteiger partial charge in [0.25, 0.3) is 0 Å². The van der Waals surface area contributed by atoms with Crippen molar-refractivity contribution in [2.24, 2.45) is 0 Å². The second-order valence-electron chi connectivity index (χ2n) is 2.76. The molecule has 68 valence electrons. The minimum Gasteiger partial charge on any atom is -0.240 e. The van der Waals surface area contributed by atoms with Crippen LogP contribution in [0.25, 0.3) is 10.2 Å². The van der Waals surface area contributed by atoms with Gasteiger partial charge in [0.2, 0.25) is 0 Å². The van der Waals surface area contributed by atoms with E-state index in [2.05, 4.69) is 27.8 Å². The van der Waals surface area contributed by atoms with Crippen LogP contribution in [0.2, 0.25) is 5.02 Å². The number of aromatic nitrogens is 1. The molecular weight excluding hydrogens is 270 g/mol. The average Bonchev–Trinajstić information content (AvgIpc) is 2.49. The van der Waals surface area contributed by atoms with Crippen LogP contribution in [0.4, 0.5) is 0 Å². The number of rotatable bonds is 1. The summed E-state index contributed by atoms with van der Waals surface area (Å²) in [6.45, 7) is 2.06. The molecule has 0 saturated carbocycles. The van der Waals surface area contributed by atoms with Gasteiger partial charge in [0.05, 0.1) is 20.1 Å². The third-order valence-corrected chi connectivity index (χ3v) is 4.17. The molecule has 1 atom stereocenters. The molecule has 2 rings (SSSR count).